The summed E-state index contributed by atoms with van der Waals surface area (Å²) in [5.74, 6) is -0.961. The van der Waals surface area contributed by atoms with Gasteiger partial charge in [-0.2, -0.15) is 0 Å². The maximum atomic E-state index is 12.5. The zero-order valence-electron chi connectivity index (χ0n) is 13.0. The van der Waals surface area contributed by atoms with E-state index in [9.17, 15) is 14.7 Å². The van der Waals surface area contributed by atoms with E-state index < -0.39 is 11.5 Å². The van der Waals surface area contributed by atoms with E-state index >= 15 is 0 Å². The Morgan fingerprint density at radius 2 is 1.83 bits per heavy atom. The van der Waals surface area contributed by atoms with Gasteiger partial charge in [-0.3, -0.25) is 4.79 Å². The molecule has 1 atom stereocenters. The summed E-state index contributed by atoms with van der Waals surface area (Å²) in [6, 6.07) is 13.7. The summed E-state index contributed by atoms with van der Waals surface area (Å²) in [6.45, 7) is 1.43. The summed E-state index contributed by atoms with van der Waals surface area (Å²) in [5, 5.41) is 11.5. The topological polar surface area (TPSA) is 67.5 Å². The van der Waals surface area contributed by atoms with Crippen LogP contribution in [-0.4, -0.2) is 10.9 Å². The largest absolute Gasteiger partial charge is 0.507 e. The first-order valence-electron chi connectivity index (χ1n) is 7.47. The molecule has 5 heteroatoms. The van der Waals surface area contributed by atoms with Gasteiger partial charge in [0.2, 0.25) is 0 Å². The summed E-state index contributed by atoms with van der Waals surface area (Å²) < 4.78 is 5.33. The quantitative estimate of drug-likeness (QED) is 0.719. The van der Waals surface area contributed by atoms with Crippen LogP contribution in [0.25, 0.3) is 11.0 Å². The number of rotatable bonds is 4. The van der Waals surface area contributed by atoms with Crippen molar-refractivity contribution in [3.05, 3.63) is 75.1 Å². The molecule has 0 saturated carbocycles. The highest BCUT2D eigenvalue weighted by atomic mass is 35.5. The van der Waals surface area contributed by atoms with Gasteiger partial charge in [-0.1, -0.05) is 41.9 Å². The fraction of sp³-hybridized carbons (Fsp3) is 0.158. The van der Waals surface area contributed by atoms with Crippen LogP contribution in [0.15, 0.2) is 57.7 Å². The van der Waals surface area contributed by atoms with Gasteiger partial charge in [0.05, 0.1) is 10.9 Å². The Hall–Kier alpha value is -2.59. The lowest BCUT2D eigenvalue weighted by Crippen LogP contribution is -2.16. The zero-order chi connectivity index (χ0) is 17.3. The highest BCUT2D eigenvalue weighted by Crippen LogP contribution is 2.38. The minimum atomic E-state index is -0.669. The molecular weight excluding hydrogens is 328 g/mol. The summed E-state index contributed by atoms with van der Waals surface area (Å²) >= 11 is 6.25. The first-order chi connectivity index (χ1) is 11.5. The monoisotopic (exact) mass is 342 g/mol. The molecule has 24 heavy (non-hydrogen) atoms. The Morgan fingerprint density at radius 3 is 2.54 bits per heavy atom. The fourth-order valence-electron chi connectivity index (χ4n) is 2.87. The normalized spacial score (nSPS) is 12.2. The summed E-state index contributed by atoms with van der Waals surface area (Å²) in [7, 11) is 0. The molecule has 3 aromatic rings. The van der Waals surface area contributed by atoms with Gasteiger partial charge in [0.15, 0.2) is 0 Å². The van der Waals surface area contributed by atoms with Gasteiger partial charge in [-0.25, -0.2) is 4.79 Å². The second-order valence-electron chi connectivity index (χ2n) is 5.63. The van der Waals surface area contributed by atoms with Crippen molar-refractivity contribution in [2.45, 2.75) is 19.3 Å². The highest BCUT2D eigenvalue weighted by Gasteiger charge is 2.27. The van der Waals surface area contributed by atoms with Crippen molar-refractivity contribution in [2.75, 3.05) is 0 Å². The van der Waals surface area contributed by atoms with Crippen molar-refractivity contribution >= 4 is 28.4 Å². The molecule has 0 radical (unpaired) electrons. The third kappa shape index (κ3) is 2.93. The predicted octanol–water partition coefficient (Wildman–Crippen LogP) is 4.26. The third-order valence-electron chi connectivity index (χ3n) is 3.94. The summed E-state index contributed by atoms with van der Waals surface area (Å²) in [6.07, 6.45) is 0.0421. The number of para-hydroxylation sites is 1. The van der Waals surface area contributed by atoms with Crippen LogP contribution in [0.4, 0.5) is 0 Å². The number of carbonyl (C=O) groups is 1. The molecule has 0 amide bonds. The third-order valence-corrected chi connectivity index (χ3v) is 4.28. The SMILES string of the molecule is CC(=O)CC(c1ccccc1Cl)c1c(O)c2ccccc2oc1=O. The number of fused-ring (bicyclic) bond motifs is 1. The van der Waals surface area contributed by atoms with Crippen molar-refractivity contribution in [3.8, 4) is 5.75 Å². The van der Waals surface area contributed by atoms with E-state index in [1.165, 1.54) is 6.92 Å². The van der Waals surface area contributed by atoms with Crippen molar-refractivity contribution < 1.29 is 14.3 Å². The molecule has 0 saturated heterocycles. The van der Waals surface area contributed by atoms with Gasteiger partial charge in [-0.05, 0) is 30.7 Å². The molecular formula is C19H15ClO4. The van der Waals surface area contributed by atoms with Crippen LogP contribution >= 0.6 is 11.6 Å². The van der Waals surface area contributed by atoms with Crippen LogP contribution in [0, 0.1) is 0 Å². The van der Waals surface area contributed by atoms with Gasteiger partial charge in [0.25, 0.3) is 0 Å². The van der Waals surface area contributed by atoms with Crippen molar-refractivity contribution in [1.29, 1.82) is 0 Å². The van der Waals surface area contributed by atoms with E-state index in [0.29, 0.717) is 21.6 Å². The highest BCUT2D eigenvalue weighted by molar-refractivity contribution is 6.31. The molecule has 0 bridgehead atoms. The standard InChI is InChI=1S/C19H15ClO4/c1-11(21)10-14(12-6-2-4-8-15(12)20)17-18(22)13-7-3-5-9-16(13)24-19(17)23/h2-9,14,22H,10H2,1H3. The summed E-state index contributed by atoms with van der Waals surface area (Å²) in [4.78, 5) is 24.2. The number of ketones is 1. The van der Waals surface area contributed by atoms with E-state index in [1.807, 2.05) is 0 Å². The first-order valence-corrected chi connectivity index (χ1v) is 7.85. The molecule has 122 valence electrons. The van der Waals surface area contributed by atoms with E-state index in [1.54, 1.807) is 48.5 Å². The molecule has 0 spiro atoms. The van der Waals surface area contributed by atoms with Crippen LogP contribution in [0.5, 0.6) is 5.75 Å². The average Bonchev–Trinajstić information content (AvgIpc) is 2.54. The van der Waals surface area contributed by atoms with Crippen LogP contribution < -0.4 is 5.63 Å². The average molecular weight is 343 g/mol. The molecule has 1 N–H and O–H groups in total. The molecule has 1 heterocycles. The van der Waals surface area contributed by atoms with Crippen LogP contribution in [0.2, 0.25) is 5.02 Å². The number of hydrogen-bond acceptors (Lipinski definition) is 4. The maximum absolute atomic E-state index is 12.5. The number of benzene rings is 2. The minimum Gasteiger partial charge on any atom is -0.507 e. The van der Waals surface area contributed by atoms with Gasteiger partial charge < -0.3 is 9.52 Å². The number of hydrogen-bond donors (Lipinski definition) is 1. The van der Waals surface area contributed by atoms with Crippen molar-refractivity contribution in [1.82, 2.24) is 0 Å². The smallest absolute Gasteiger partial charge is 0.343 e. The van der Waals surface area contributed by atoms with Crippen LogP contribution in [-0.2, 0) is 4.79 Å². The molecule has 0 aliphatic heterocycles. The molecule has 1 aromatic heterocycles. The summed E-state index contributed by atoms with van der Waals surface area (Å²) in [5.41, 5.74) is 0.283. The first kappa shape index (κ1) is 16.3. The van der Waals surface area contributed by atoms with Gasteiger partial charge in [-0.15, -0.1) is 0 Å². The number of halogens is 1. The second kappa shape index (κ2) is 6.49. The molecule has 0 aliphatic carbocycles. The van der Waals surface area contributed by atoms with Gasteiger partial charge in [0, 0.05) is 17.4 Å². The van der Waals surface area contributed by atoms with E-state index in [-0.39, 0.29) is 23.5 Å². The number of carbonyl (C=O) groups excluding carboxylic acids is 1. The molecule has 2 aromatic carbocycles. The van der Waals surface area contributed by atoms with Crippen molar-refractivity contribution in [3.63, 3.8) is 0 Å². The number of aromatic hydroxyl groups is 1. The Morgan fingerprint density at radius 1 is 1.17 bits per heavy atom. The molecule has 0 fully saturated rings. The molecule has 4 nitrogen and oxygen atoms in total. The van der Waals surface area contributed by atoms with Gasteiger partial charge in [0.1, 0.15) is 17.1 Å². The Labute approximate surface area is 143 Å². The van der Waals surface area contributed by atoms with Crippen LogP contribution in [0.3, 0.4) is 0 Å². The second-order valence-corrected chi connectivity index (χ2v) is 6.04. The lowest BCUT2D eigenvalue weighted by Gasteiger charge is -2.18. The molecule has 0 aliphatic rings. The zero-order valence-corrected chi connectivity index (χ0v) is 13.7. The lowest BCUT2D eigenvalue weighted by molar-refractivity contribution is -0.117. The maximum Gasteiger partial charge on any atom is 0.343 e. The molecule has 3 rings (SSSR count). The number of Topliss-reactive ketones (excluding diaryl/α,β-unsaturated/α-hetero) is 1. The van der Waals surface area contributed by atoms with Gasteiger partial charge >= 0.3 is 5.63 Å². The Kier molecular flexibility index (Phi) is 4.40. The minimum absolute atomic E-state index is 0.0421. The Balaban J connectivity index is 2.29. The van der Waals surface area contributed by atoms with E-state index in [0.717, 1.165) is 0 Å². The Bertz CT molecular complexity index is 975. The van der Waals surface area contributed by atoms with Crippen molar-refractivity contribution in [2.24, 2.45) is 0 Å². The van der Waals surface area contributed by atoms with E-state index in [4.69, 9.17) is 16.0 Å². The lowest BCUT2D eigenvalue weighted by atomic mass is 9.87. The molecule has 1 unspecified atom stereocenters. The van der Waals surface area contributed by atoms with E-state index in [2.05, 4.69) is 0 Å². The fourth-order valence-corrected chi connectivity index (χ4v) is 3.14. The van der Waals surface area contributed by atoms with Crippen LogP contribution in [0.1, 0.15) is 30.4 Å². The predicted molar refractivity (Wildman–Crippen MR) is 92.7 cm³/mol.